The molecule has 0 saturated heterocycles. The Labute approximate surface area is 107 Å². The number of carbonyl (C=O) groups is 1. The monoisotopic (exact) mass is 243 g/mol. The first-order chi connectivity index (χ1) is 8.56. The molecule has 0 aliphatic rings. The highest BCUT2D eigenvalue weighted by molar-refractivity contribution is 5.94. The number of aryl methyl sites for hydroxylation is 2. The molecule has 0 spiro atoms. The molecule has 0 unspecified atom stereocenters. The van der Waals surface area contributed by atoms with Gasteiger partial charge in [-0.05, 0) is 45.0 Å². The average molecular weight is 243 g/mol. The highest BCUT2D eigenvalue weighted by Gasteiger charge is 2.13. The van der Waals surface area contributed by atoms with E-state index in [1.807, 2.05) is 51.1 Å². The third-order valence-electron chi connectivity index (χ3n) is 2.80. The van der Waals surface area contributed by atoms with Crippen LogP contribution in [-0.4, -0.2) is 5.91 Å². The van der Waals surface area contributed by atoms with Crippen molar-refractivity contribution in [3.63, 3.8) is 0 Å². The van der Waals surface area contributed by atoms with Crippen molar-refractivity contribution in [2.75, 3.05) is 0 Å². The Morgan fingerprint density at radius 3 is 2.44 bits per heavy atom. The zero-order valence-electron chi connectivity index (χ0n) is 10.9. The van der Waals surface area contributed by atoms with Gasteiger partial charge in [-0.1, -0.05) is 17.2 Å². The highest BCUT2D eigenvalue weighted by Crippen LogP contribution is 2.14. The Bertz CT molecular complexity index is 523. The van der Waals surface area contributed by atoms with Crippen LogP contribution in [0.15, 0.2) is 41.0 Å². The lowest BCUT2D eigenvalue weighted by Crippen LogP contribution is -2.26. The summed E-state index contributed by atoms with van der Waals surface area (Å²) >= 11 is 0. The highest BCUT2D eigenvalue weighted by atomic mass is 16.3. The Hall–Kier alpha value is -2.03. The van der Waals surface area contributed by atoms with Gasteiger partial charge in [0, 0.05) is 5.56 Å². The summed E-state index contributed by atoms with van der Waals surface area (Å²) in [4.78, 5) is 12.1. The first-order valence-corrected chi connectivity index (χ1v) is 5.99. The molecule has 2 aromatic rings. The summed E-state index contributed by atoms with van der Waals surface area (Å²) in [6.45, 7) is 5.87. The molecule has 0 saturated carbocycles. The van der Waals surface area contributed by atoms with Crippen molar-refractivity contribution < 1.29 is 9.21 Å². The molecular formula is C15H17NO2. The quantitative estimate of drug-likeness (QED) is 0.897. The van der Waals surface area contributed by atoms with E-state index in [0.717, 1.165) is 16.9 Å². The zero-order chi connectivity index (χ0) is 13.1. The topological polar surface area (TPSA) is 42.2 Å². The van der Waals surface area contributed by atoms with E-state index >= 15 is 0 Å². The molecule has 3 nitrogen and oxygen atoms in total. The van der Waals surface area contributed by atoms with Crippen LogP contribution in [0.25, 0.3) is 0 Å². The molecule has 1 aromatic carbocycles. The van der Waals surface area contributed by atoms with E-state index in [4.69, 9.17) is 4.42 Å². The number of rotatable bonds is 3. The Morgan fingerprint density at radius 1 is 1.22 bits per heavy atom. The maximum absolute atomic E-state index is 12.1. The van der Waals surface area contributed by atoms with Gasteiger partial charge in [0.25, 0.3) is 5.91 Å². The largest absolute Gasteiger partial charge is 0.467 e. The normalized spacial score (nSPS) is 12.2. The Balaban J connectivity index is 2.12. The molecule has 1 atom stereocenters. The van der Waals surface area contributed by atoms with E-state index in [9.17, 15) is 4.79 Å². The first kappa shape index (κ1) is 12.4. The van der Waals surface area contributed by atoms with Gasteiger partial charge in [0.05, 0.1) is 12.3 Å². The zero-order valence-corrected chi connectivity index (χ0v) is 10.9. The summed E-state index contributed by atoms with van der Waals surface area (Å²) in [5.41, 5.74) is 2.86. The van der Waals surface area contributed by atoms with Crippen molar-refractivity contribution >= 4 is 5.91 Å². The Morgan fingerprint density at radius 2 is 1.89 bits per heavy atom. The van der Waals surface area contributed by atoms with Crippen LogP contribution in [0, 0.1) is 13.8 Å². The fourth-order valence-electron chi connectivity index (χ4n) is 1.99. The van der Waals surface area contributed by atoms with Crippen LogP contribution in [0.5, 0.6) is 0 Å². The van der Waals surface area contributed by atoms with Crippen molar-refractivity contribution in [1.29, 1.82) is 0 Å². The van der Waals surface area contributed by atoms with Crippen LogP contribution in [0.3, 0.4) is 0 Å². The standard InChI is InChI=1S/C15H17NO2/c1-10-7-11(2)9-13(8-10)15(17)16-12(3)14-5-4-6-18-14/h4-9,12H,1-3H3,(H,16,17)/t12-/m1/s1. The second-order valence-electron chi connectivity index (χ2n) is 4.59. The lowest BCUT2D eigenvalue weighted by molar-refractivity contribution is 0.0935. The smallest absolute Gasteiger partial charge is 0.251 e. The molecule has 0 aliphatic carbocycles. The first-order valence-electron chi connectivity index (χ1n) is 5.99. The lowest BCUT2D eigenvalue weighted by Gasteiger charge is -2.12. The van der Waals surface area contributed by atoms with E-state index in [1.165, 1.54) is 0 Å². The van der Waals surface area contributed by atoms with Gasteiger partial charge in [-0.15, -0.1) is 0 Å². The van der Waals surface area contributed by atoms with Crippen LogP contribution in [-0.2, 0) is 0 Å². The van der Waals surface area contributed by atoms with Crippen molar-refractivity contribution in [3.05, 3.63) is 59.0 Å². The Kier molecular flexibility index (Phi) is 3.51. The minimum atomic E-state index is -0.131. The number of amides is 1. The number of carbonyl (C=O) groups excluding carboxylic acids is 1. The average Bonchev–Trinajstić information content (AvgIpc) is 2.80. The number of furan rings is 1. The molecule has 2 rings (SSSR count). The molecule has 1 amide bonds. The molecule has 0 radical (unpaired) electrons. The summed E-state index contributed by atoms with van der Waals surface area (Å²) in [7, 11) is 0. The van der Waals surface area contributed by atoms with Crippen LogP contribution >= 0.6 is 0 Å². The third-order valence-corrected chi connectivity index (χ3v) is 2.80. The van der Waals surface area contributed by atoms with Gasteiger partial charge in [0.1, 0.15) is 5.76 Å². The van der Waals surface area contributed by atoms with Crippen molar-refractivity contribution in [1.82, 2.24) is 5.32 Å². The molecular weight excluding hydrogens is 226 g/mol. The molecule has 1 N–H and O–H groups in total. The van der Waals surface area contributed by atoms with Crippen molar-refractivity contribution in [3.8, 4) is 0 Å². The lowest BCUT2D eigenvalue weighted by atomic mass is 10.1. The van der Waals surface area contributed by atoms with Gasteiger partial charge in [-0.25, -0.2) is 0 Å². The second-order valence-corrected chi connectivity index (χ2v) is 4.59. The molecule has 1 heterocycles. The van der Waals surface area contributed by atoms with Crippen LogP contribution in [0.1, 0.15) is 40.2 Å². The predicted octanol–water partition coefficient (Wildman–Crippen LogP) is 3.39. The van der Waals surface area contributed by atoms with Gasteiger partial charge in [0.15, 0.2) is 0 Å². The fraction of sp³-hybridized carbons (Fsp3) is 0.267. The molecule has 0 bridgehead atoms. The molecule has 3 heteroatoms. The third kappa shape index (κ3) is 2.80. The number of hydrogen-bond donors (Lipinski definition) is 1. The summed E-state index contributed by atoms with van der Waals surface area (Å²) in [5, 5.41) is 2.92. The second kappa shape index (κ2) is 5.08. The van der Waals surface area contributed by atoms with Gasteiger partial charge < -0.3 is 9.73 Å². The van der Waals surface area contributed by atoms with E-state index < -0.39 is 0 Å². The summed E-state index contributed by atoms with van der Waals surface area (Å²) in [6.07, 6.45) is 1.61. The fourth-order valence-corrected chi connectivity index (χ4v) is 1.99. The van der Waals surface area contributed by atoms with Crippen LogP contribution in [0.4, 0.5) is 0 Å². The predicted molar refractivity (Wildman–Crippen MR) is 70.5 cm³/mol. The SMILES string of the molecule is Cc1cc(C)cc(C(=O)N[C@H](C)c2ccco2)c1. The summed E-state index contributed by atoms with van der Waals surface area (Å²) < 4.78 is 5.26. The molecule has 1 aromatic heterocycles. The van der Waals surface area contributed by atoms with Crippen LogP contribution < -0.4 is 5.32 Å². The van der Waals surface area contributed by atoms with Gasteiger partial charge in [0.2, 0.25) is 0 Å². The molecule has 18 heavy (non-hydrogen) atoms. The van der Waals surface area contributed by atoms with E-state index in [1.54, 1.807) is 6.26 Å². The molecule has 0 aliphatic heterocycles. The number of hydrogen-bond acceptors (Lipinski definition) is 2. The number of benzene rings is 1. The van der Waals surface area contributed by atoms with Gasteiger partial charge in [-0.2, -0.15) is 0 Å². The minimum Gasteiger partial charge on any atom is -0.467 e. The maximum atomic E-state index is 12.1. The van der Waals surface area contributed by atoms with E-state index in [-0.39, 0.29) is 11.9 Å². The van der Waals surface area contributed by atoms with Gasteiger partial charge >= 0.3 is 0 Å². The summed E-state index contributed by atoms with van der Waals surface area (Å²) in [6, 6.07) is 9.36. The van der Waals surface area contributed by atoms with E-state index in [0.29, 0.717) is 5.56 Å². The van der Waals surface area contributed by atoms with Gasteiger partial charge in [-0.3, -0.25) is 4.79 Å². The molecule has 94 valence electrons. The van der Waals surface area contributed by atoms with E-state index in [2.05, 4.69) is 5.32 Å². The molecule has 0 fully saturated rings. The van der Waals surface area contributed by atoms with Crippen molar-refractivity contribution in [2.24, 2.45) is 0 Å². The summed E-state index contributed by atoms with van der Waals surface area (Å²) in [5.74, 6) is 0.679. The van der Waals surface area contributed by atoms with Crippen LogP contribution in [0.2, 0.25) is 0 Å². The maximum Gasteiger partial charge on any atom is 0.251 e. The minimum absolute atomic E-state index is 0.0781. The van der Waals surface area contributed by atoms with Crippen molar-refractivity contribution in [2.45, 2.75) is 26.8 Å². The number of nitrogens with one attached hydrogen (secondary N) is 1.